The zero-order valence-corrected chi connectivity index (χ0v) is 16.9. The predicted octanol–water partition coefficient (Wildman–Crippen LogP) is 3.73. The Balaban J connectivity index is 1.43. The maximum Gasteiger partial charge on any atom is 0.330 e. The second kappa shape index (κ2) is 8.06. The molecule has 160 valence electrons. The Morgan fingerprint density at radius 3 is 2.61 bits per heavy atom. The molecule has 0 saturated carbocycles. The van der Waals surface area contributed by atoms with Crippen LogP contribution in [0, 0.1) is 0 Å². The van der Waals surface area contributed by atoms with Gasteiger partial charge in [-0.15, -0.1) is 0 Å². The van der Waals surface area contributed by atoms with Gasteiger partial charge in [-0.2, -0.15) is 8.78 Å². The Morgan fingerprint density at radius 1 is 1.16 bits per heavy atom. The van der Waals surface area contributed by atoms with Crippen LogP contribution in [0.5, 0.6) is 0 Å². The second-order valence-electron chi connectivity index (χ2n) is 7.94. The number of benzene rings is 2. The molecule has 2 aromatic carbocycles. The van der Waals surface area contributed by atoms with Crippen molar-refractivity contribution in [2.45, 2.75) is 44.2 Å². The zero-order chi connectivity index (χ0) is 22.2. The molecule has 2 aromatic rings. The third-order valence-corrected chi connectivity index (χ3v) is 5.83. The first kappa shape index (κ1) is 20.9. The molecule has 1 saturated heterocycles. The van der Waals surface area contributed by atoms with E-state index in [1.807, 2.05) is 0 Å². The van der Waals surface area contributed by atoms with E-state index in [1.165, 1.54) is 29.2 Å². The first-order chi connectivity index (χ1) is 14.8. The summed E-state index contributed by atoms with van der Waals surface area (Å²) in [5, 5.41) is 2.69. The number of ketones is 1. The molecule has 2 aliphatic rings. The smallest absolute Gasteiger partial charge is 0.329 e. The number of nitrogens with one attached hydrogen (secondary N) is 1. The minimum absolute atomic E-state index is 0.145. The predicted molar refractivity (Wildman–Crippen MR) is 110 cm³/mol. The molecule has 0 aromatic heterocycles. The molecule has 0 aliphatic carbocycles. The Kier molecular flexibility index (Phi) is 5.43. The fourth-order valence-corrected chi connectivity index (χ4v) is 4.09. The number of hydrogen-bond donors (Lipinski definition) is 1. The molecule has 7 heteroatoms. The average Bonchev–Trinajstić information content (AvgIpc) is 3.08. The lowest BCUT2D eigenvalue weighted by Crippen LogP contribution is -2.49. The van der Waals surface area contributed by atoms with Crippen LogP contribution < -0.4 is 5.32 Å². The maximum absolute atomic E-state index is 14.4. The molecule has 2 heterocycles. The Labute approximate surface area is 178 Å². The van der Waals surface area contributed by atoms with Crippen molar-refractivity contribution in [3.63, 3.8) is 0 Å². The van der Waals surface area contributed by atoms with Gasteiger partial charge in [0, 0.05) is 29.8 Å². The lowest BCUT2D eigenvalue weighted by atomic mass is 9.97. The van der Waals surface area contributed by atoms with E-state index < -0.39 is 17.7 Å². The van der Waals surface area contributed by atoms with E-state index in [1.54, 1.807) is 24.3 Å². The number of piperidine rings is 1. The van der Waals surface area contributed by atoms with Crippen LogP contribution in [-0.4, -0.2) is 28.5 Å². The molecular formula is C24H22F2N2O3. The maximum atomic E-state index is 14.4. The van der Waals surface area contributed by atoms with Crippen molar-refractivity contribution in [3.8, 4) is 0 Å². The molecule has 0 bridgehead atoms. The van der Waals surface area contributed by atoms with Gasteiger partial charge < -0.3 is 10.2 Å². The number of allylic oxidation sites excluding steroid dienone is 1. The summed E-state index contributed by atoms with van der Waals surface area (Å²) < 4.78 is 28.8. The van der Waals surface area contributed by atoms with Gasteiger partial charge in [0.15, 0.2) is 0 Å². The molecule has 2 amide bonds. The number of carbonyl (C=O) groups excluding carboxylic acids is 3. The number of carbonyl (C=O) groups is 3. The van der Waals surface area contributed by atoms with Gasteiger partial charge in [-0.25, -0.2) is 0 Å². The first-order valence-corrected chi connectivity index (χ1v) is 10.2. The molecule has 1 fully saturated rings. The van der Waals surface area contributed by atoms with Crippen LogP contribution in [0.3, 0.4) is 0 Å². The highest BCUT2D eigenvalue weighted by atomic mass is 19.3. The van der Waals surface area contributed by atoms with Crippen LogP contribution in [0.1, 0.15) is 46.3 Å². The molecule has 0 radical (unpaired) electrons. The average molecular weight is 424 g/mol. The van der Waals surface area contributed by atoms with Gasteiger partial charge in [-0.05, 0) is 36.5 Å². The van der Waals surface area contributed by atoms with Crippen LogP contribution in [-0.2, 0) is 28.5 Å². The van der Waals surface area contributed by atoms with Gasteiger partial charge in [0.2, 0.25) is 11.7 Å². The highest BCUT2D eigenvalue weighted by Gasteiger charge is 2.40. The number of rotatable bonds is 6. The monoisotopic (exact) mass is 424 g/mol. The summed E-state index contributed by atoms with van der Waals surface area (Å²) in [5.74, 6) is -5.15. The number of alkyl halides is 2. The van der Waals surface area contributed by atoms with Gasteiger partial charge in [0.05, 0.1) is 0 Å². The summed E-state index contributed by atoms with van der Waals surface area (Å²) in [6, 6.07) is 11.6. The Morgan fingerprint density at radius 2 is 1.90 bits per heavy atom. The van der Waals surface area contributed by atoms with E-state index in [-0.39, 0.29) is 36.8 Å². The van der Waals surface area contributed by atoms with Crippen molar-refractivity contribution in [2.75, 3.05) is 0 Å². The van der Waals surface area contributed by atoms with Crippen LogP contribution >= 0.6 is 0 Å². The molecule has 1 N–H and O–H groups in total. The van der Waals surface area contributed by atoms with Crippen molar-refractivity contribution in [3.05, 3.63) is 83.1 Å². The highest BCUT2D eigenvalue weighted by Crippen LogP contribution is 2.32. The van der Waals surface area contributed by atoms with Crippen molar-refractivity contribution < 1.29 is 23.2 Å². The third kappa shape index (κ3) is 4.00. The number of halogens is 2. The topological polar surface area (TPSA) is 66.5 Å². The van der Waals surface area contributed by atoms with Crippen LogP contribution in [0.15, 0.2) is 60.8 Å². The molecule has 0 spiro atoms. The summed E-state index contributed by atoms with van der Waals surface area (Å²) in [5.41, 5.74) is 2.27. The first-order valence-electron chi connectivity index (χ1n) is 10.2. The number of fused-ring (bicyclic) bond motifs is 1. The minimum atomic E-state index is -3.54. The number of Topliss-reactive ketones (excluding diaryl/α,β-unsaturated/α-hetero) is 1. The summed E-state index contributed by atoms with van der Waals surface area (Å²) in [6.07, 6.45) is 0.956. The molecule has 1 unspecified atom stereocenters. The van der Waals surface area contributed by atoms with Gasteiger partial charge >= 0.3 is 5.92 Å². The van der Waals surface area contributed by atoms with Crippen LogP contribution in [0.25, 0.3) is 0 Å². The number of aryl methyl sites for hydroxylation is 1. The number of nitrogens with zero attached hydrogens (tertiary/aromatic N) is 1. The van der Waals surface area contributed by atoms with Crippen molar-refractivity contribution >= 4 is 17.6 Å². The van der Waals surface area contributed by atoms with E-state index in [0.717, 1.165) is 5.56 Å². The molecule has 31 heavy (non-hydrogen) atoms. The summed E-state index contributed by atoms with van der Waals surface area (Å²) in [6.45, 7) is 4.03. The normalized spacial score (nSPS) is 18.7. The number of hydrogen-bond acceptors (Lipinski definition) is 3. The SMILES string of the molecule is C=C1CCC(N2Cc3cc(CCC(=O)C(F)(F)c4ccccc4)ccc3C2=O)C(=O)N1. The largest absolute Gasteiger partial charge is 0.330 e. The summed E-state index contributed by atoms with van der Waals surface area (Å²) in [7, 11) is 0. The quantitative estimate of drug-likeness (QED) is 0.769. The highest BCUT2D eigenvalue weighted by molar-refractivity contribution is 6.01. The molecular weight excluding hydrogens is 402 g/mol. The Bertz CT molecular complexity index is 1070. The lowest BCUT2D eigenvalue weighted by Gasteiger charge is -2.30. The van der Waals surface area contributed by atoms with Crippen LogP contribution in [0.2, 0.25) is 0 Å². The van der Waals surface area contributed by atoms with E-state index in [2.05, 4.69) is 11.9 Å². The van der Waals surface area contributed by atoms with Crippen LogP contribution in [0.4, 0.5) is 8.78 Å². The van der Waals surface area contributed by atoms with E-state index in [0.29, 0.717) is 29.7 Å². The van der Waals surface area contributed by atoms with E-state index in [4.69, 9.17) is 0 Å². The van der Waals surface area contributed by atoms with Gasteiger partial charge in [0.25, 0.3) is 5.91 Å². The van der Waals surface area contributed by atoms with E-state index >= 15 is 0 Å². The van der Waals surface area contributed by atoms with Crippen molar-refractivity contribution in [1.29, 1.82) is 0 Å². The van der Waals surface area contributed by atoms with Crippen molar-refractivity contribution in [1.82, 2.24) is 10.2 Å². The Hall–Kier alpha value is -3.35. The standard InChI is InChI=1S/C24H22F2N2O3/c1-15-7-11-20(22(30)27-15)28-14-17-13-16(8-10-19(17)23(28)31)9-12-21(29)24(25,26)18-5-3-2-4-6-18/h2-6,8,10,13,20H,1,7,9,11-12,14H2,(H,27,30). The van der Waals surface area contributed by atoms with Gasteiger partial charge in [0.1, 0.15) is 6.04 Å². The zero-order valence-electron chi connectivity index (χ0n) is 16.9. The molecule has 4 rings (SSSR count). The minimum Gasteiger partial charge on any atom is -0.329 e. The third-order valence-electron chi connectivity index (χ3n) is 5.83. The molecule has 2 aliphatic heterocycles. The van der Waals surface area contributed by atoms with E-state index in [9.17, 15) is 23.2 Å². The lowest BCUT2D eigenvalue weighted by molar-refractivity contribution is -0.144. The fraction of sp³-hybridized carbons (Fsp3) is 0.292. The van der Waals surface area contributed by atoms with Crippen molar-refractivity contribution in [2.24, 2.45) is 0 Å². The second-order valence-corrected chi connectivity index (χ2v) is 7.94. The molecule has 1 atom stereocenters. The summed E-state index contributed by atoms with van der Waals surface area (Å²) >= 11 is 0. The van der Waals surface area contributed by atoms with Gasteiger partial charge in [-0.1, -0.05) is 49.0 Å². The fourth-order valence-electron chi connectivity index (χ4n) is 4.09. The summed E-state index contributed by atoms with van der Waals surface area (Å²) in [4.78, 5) is 38.7. The van der Waals surface area contributed by atoms with Gasteiger partial charge in [-0.3, -0.25) is 14.4 Å². The molecule has 5 nitrogen and oxygen atoms in total. The number of amides is 2.